The molecule has 3 aromatic rings. The molecule has 0 bridgehead atoms. The lowest BCUT2D eigenvalue weighted by atomic mass is 10.1. The molecule has 3 heterocycles. The molecule has 0 atom stereocenters. The summed E-state index contributed by atoms with van der Waals surface area (Å²) in [5.41, 5.74) is 0.860. The average molecular weight is 402 g/mol. The van der Waals surface area contributed by atoms with E-state index in [0.717, 1.165) is 12.3 Å². The predicted octanol–water partition coefficient (Wildman–Crippen LogP) is 2.79. The van der Waals surface area contributed by atoms with Crippen molar-refractivity contribution in [1.29, 1.82) is 0 Å². The van der Waals surface area contributed by atoms with Crippen molar-refractivity contribution in [2.24, 2.45) is 0 Å². The van der Waals surface area contributed by atoms with Gasteiger partial charge in [-0.3, -0.25) is 14.8 Å². The van der Waals surface area contributed by atoms with Crippen LogP contribution in [0.2, 0.25) is 0 Å². The average Bonchev–Trinajstić information content (AvgIpc) is 2.99. The molecule has 1 amide bonds. The van der Waals surface area contributed by atoms with Crippen LogP contribution in [0, 0.1) is 0 Å². The van der Waals surface area contributed by atoms with Gasteiger partial charge in [-0.1, -0.05) is 0 Å². The highest BCUT2D eigenvalue weighted by Gasteiger charge is 2.33. The number of carbonyl (C=O) groups is 1. The lowest BCUT2D eigenvalue weighted by Crippen LogP contribution is -2.35. The topological polar surface area (TPSA) is 75.1 Å². The van der Waals surface area contributed by atoms with Crippen molar-refractivity contribution in [1.82, 2.24) is 24.8 Å². The molecular weight excluding hydrogens is 385 g/mol. The summed E-state index contributed by atoms with van der Waals surface area (Å²) >= 11 is 0. The number of rotatable bonds is 2. The highest BCUT2D eigenvalue weighted by Crippen LogP contribution is 2.28. The number of aromatic nitrogens is 4. The molecule has 0 spiro atoms. The molecule has 29 heavy (non-hydrogen) atoms. The molecule has 4 rings (SSSR count). The summed E-state index contributed by atoms with van der Waals surface area (Å²) in [6, 6.07) is 6.00. The van der Waals surface area contributed by atoms with Gasteiger partial charge < -0.3 is 9.80 Å². The van der Waals surface area contributed by atoms with Crippen molar-refractivity contribution in [3.8, 4) is 0 Å². The summed E-state index contributed by atoms with van der Waals surface area (Å²) < 4.78 is 38.7. The normalized spacial score (nSPS) is 15.4. The molecule has 0 aliphatic carbocycles. The predicted molar refractivity (Wildman–Crippen MR) is 99.3 cm³/mol. The van der Waals surface area contributed by atoms with E-state index in [2.05, 4.69) is 19.9 Å². The van der Waals surface area contributed by atoms with Crippen molar-refractivity contribution in [2.75, 3.05) is 31.1 Å². The molecule has 1 aliphatic rings. The Balaban J connectivity index is 1.49. The zero-order valence-corrected chi connectivity index (χ0v) is 15.3. The minimum absolute atomic E-state index is 0.0232. The third-order valence-corrected chi connectivity index (χ3v) is 4.72. The fraction of sp³-hybridized carbons (Fsp3) is 0.316. The van der Waals surface area contributed by atoms with Crippen molar-refractivity contribution in [2.45, 2.75) is 12.6 Å². The van der Waals surface area contributed by atoms with Crippen LogP contribution in [0.5, 0.6) is 0 Å². The molecule has 0 N–H and O–H groups in total. The zero-order chi connectivity index (χ0) is 20.4. The van der Waals surface area contributed by atoms with E-state index in [0.29, 0.717) is 49.2 Å². The zero-order valence-electron chi connectivity index (χ0n) is 15.3. The maximum atomic E-state index is 12.9. The molecular formula is C19H17F3N6O. The van der Waals surface area contributed by atoms with Gasteiger partial charge in [0.2, 0.25) is 5.95 Å². The quantitative estimate of drug-likeness (QED) is 0.656. The Morgan fingerprint density at radius 2 is 1.69 bits per heavy atom. The van der Waals surface area contributed by atoms with E-state index in [9.17, 15) is 18.0 Å². The fourth-order valence-electron chi connectivity index (χ4n) is 3.26. The van der Waals surface area contributed by atoms with E-state index in [1.807, 2.05) is 0 Å². The van der Waals surface area contributed by atoms with Gasteiger partial charge in [0.1, 0.15) is 5.69 Å². The monoisotopic (exact) mass is 402 g/mol. The van der Waals surface area contributed by atoms with Crippen molar-refractivity contribution >= 4 is 22.9 Å². The minimum Gasteiger partial charge on any atom is -0.339 e. The summed E-state index contributed by atoms with van der Waals surface area (Å²) in [6.07, 6.45) is 0.330. The number of nitrogens with zero attached hydrogens (tertiary/aromatic N) is 6. The van der Waals surface area contributed by atoms with Gasteiger partial charge >= 0.3 is 6.18 Å². The summed E-state index contributed by atoms with van der Waals surface area (Å²) in [7, 11) is 0. The van der Waals surface area contributed by atoms with E-state index >= 15 is 0 Å². The third-order valence-electron chi connectivity index (χ3n) is 4.72. The van der Waals surface area contributed by atoms with E-state index in [1.165, 1.54) is 0 Å². The first-order chi connectivity index (χ1) is 13.9. The highest BCUT2D eigenvalue weighted by atomic mass is 19.4. The summed E-state index contributed by atoms with van der Waals surface area (Å²) in [5.74, 6) is -0.125. The number of benzene rings is 1. The summed E-state index contributed by atoms with van der Waals surface area (Å²) in [6.45, 7) is 1.67. The first kappa shape index (κ1) is 19.0. The SMILES string of the molecule is O=C(c1ccc2nccnc2c1)N1CCCN(c2nccc(C(F)(F)F)n2)CC1. The number of carbonyl (C=O) groups excluding carboxylic acids is 1. The Labute approximate surface area is 164 Å². The van der Waals surface area contributed by atoms with Crippen LogP contribution in [0.4, 0.5) is 19.1 Å². The van der Waals surface area contributed by atoms with Crippen molar-refractivity contribution in [3.05, 3.63) is 54.1 Å². The number of alkyl halides is 3. The van der Waals surface area contributed by atoms with Crippen molar-refractivity contribution in [3.63, 3.8) is 0 Å². The minimum atomic E-state index is -4.52. The molecule has 0 saturated carbocycles. The molecule has 1 saturated heterocycles. The Kier molecular flexibility index (Phi) is 4.99. The first-order valence-corrected chi connectivity index (χ1v) is 9.07. The molecule has 0 unspecified atom stereocenters. The molecule has 1 fully saturated rings. The maximum Gasteiger partial charge on any atom is 0.433 e. The lowest BCUT2D eigenvalue weighted by molar-refractivity contribution is -0.141. The van der Waals surface area contributed by atoms with Gasteiger partial charge in [0.05, 0.1) is 11.0 Å². The van der Waals surface area contributed by atoms with Crippen LogP contribution in [0.25, 0.3) is 11.0 Å². The molecule has 2 aromatic heterocycles. The van der Waals surface area contributed by atoms with E-state index in [1.54, 1.807) is 40.4 Å². The Morgan fingerprint density at radius 3 is 2.48 bits per heavy atom. The molecule has 0 radical (unpaired) electrons. The number of amides is 1. The molecule has 1 aromatic carbocycles. The Bertz CT molecular complexity index is 1040. The molecule has 1 aliphatic heterocycles. The van der Waals surface area contributed by atoms with Crippen LogP contribution >= 0.6 is 0 Å². The van der Waals surface area contributed by atoms with Gasteiger partial charge in [-0.05, 0) is 30.7 Å². The first-order valence-electron chi connectivity index (χ1n) is 9.07. The van der Waals surface area contributed by atoms with Gasteiger partial charge in [-0.25, -0.2) is 9.97 Å². The van der Waals surface area contributed by atoms with E-state index in [-0.39, 0.29) is 11.9 Å². The standard InChI is InChI=1S/C19H17F3N6O/c20-19(21,22)16-4-5-25-18(26-16)28-9-1-8-27(10-11-28)17(29)13-2-3-14-15(12-13)24-7-6-23-14/h2-7,12H,1,8-11H2. The number of halogens is 3. The second-order valence-corrected chi connectivity index (χ2v) is 6.63. The molecule has 10 heteroatoms. The van der Waals surface area contributed by atoms with Gasteiger partial charge in [0, 0.05) is 50.3 Å². The number of anilines is 1. The van der Waals surface area contributed by atoms with Gasteiger partial charge in [-0.15, -0.1) is 0 Å². The van der Waals surface area contributed by atoms with Crippen LogP contribution in [0.1, 0.15) is 22.5 Å². The molecule has 7 nitrogen and oxygen atoms in total. The number of hydrogen-bond donors (Lipinski definition) is 0. The van der Waals surface area contributed by atoms with Gasteiger partial charge in [0.25, 0.3) is 5.91 Å². The van der Waals surface area contributed by atoms with Gasteiger partial charge in [0.15, 0.2) is 0 Å². The highest BCUT2D eigenvalue weighted by molar-refractivity contribution is 5.97. The largest absolute Gasteiger partial charge is 0.433 e. The summed E-state index contributed by atoms with van der Waals surface area (Å²) in [5, 5.41) is 0. The fourth-order valence-corrected chi connectivity index (χ4v) is 3.26. The van der Waals surface area contributed by atoms with Gasteiger partial charge in [-0.2, -0.15) is 13.2 Å². The van der Waals surface area contributed by atoms with E-state index in [4.69, 9.17) is 0 Å². The Hall–Kier alpha value is -3.30. The van der Waals surface area contributed by atoms with E-state index < -0.39 is 11.9 Å². The summed E-state index contributed by atoms with van der Waals surface area (Å²) in [4.78, 5) is 32.3. The smallest absolute Gasteiger partial charge is 0.339 e. The van der Waals surface area contributed by atoms with Crippen LogP contribution in [-0.2, 0) is 6.18 Å². The second kappa shape index (κ2) is 7.61. The third kappa shape index (κ3) is 4.10. The van der Waals surface area contributed by atoms with Crippen LogP contribution in [0.15, 0.2) is 42.9 Å². The Morgan fingerprint density at radius 1 is 0.897 bits per heavy atom. The van der Waals surface area contributed by atoms with Crippen LogP contribution in [0.3, 0.4) is 0 Å². The van der Waals surface area contributed by atoms with Crippen molar-refractivity contribution < 1.29 is 18.0 Å². The van der Waals surface area contributed by atoms with Crippen LogP contribution in [-0.4, -0.2) is 56.9 Å². The number of fused-ring (bicyclic) bond motifs is 1. The van der Waals surface area contributed by atoms with Crippen LogP contribution < -0.4 is 4.90 Å². The lowest BCUT2D eigenvalue weighted by Gasteiger charge is -2.22. The molecule has 150 valence electrons. The second-order valence-electron chi connectivity index (χ2n) is 6.63. The maximum absolute atomic E-state index is 12.9. The number of hydrogen-bond acceptors (Lipinski definition) is 6.